The molecular formula is C27H24F3N5O2. The van der Waals surface area contributed by atoms with Crippen molar-refractivity contribution in [2.45, 2.75) is 25.6 Å². The summed E-state index contributed by atoms with van der Waals surface area (Å²) in [7, 11) is 0. The molecule has 2 unspecified atom stereocenters. The Kier molecular flexibility index (Phi) is 7.16. The molecule has 37 heavy (non-hydrogen) atoms. The summed E-state index contributed by atoms with van der Waals surface area (Å²) in [4.78, 5) is 30.7. The van der Waals surface area contributed by atoms with E-state index in [0.717, 1.165) is 23.5 Å². The molecule has 0 radical (unpaired) electrons. The summed E-state index contributed by atoms with van der Waals surface area (Å²) >= 11 is 0. The number of nitrogens with zero attached hydrogens (tertiary/aromatic N) is 3. The van der Waals surface area contributed by atoms with Gasteiger partial charge in [-0.1, -0.05) is 24.8 Å². The Hall–Kier alpha value is -4.39. The molecule has 2 aromatic carbocycles. The Bertz CT molecular complexity index is 1410. The van der Waals surface area contributed by atoms with Crippen molar-refractivity contribution in [1.29, 1.82) is 5.26 Å². The smallest absolute Gasteiger partial charge is 0.359 e. The van der Waals surface area contributed by atoms with Crippen molar-refractivity contribution < 1.29 is 22.8 Å². The first-order valence-corrected chi connectivity index (χ1v) is 11.5. The number of anilines is 1. The third kappa shape index (κ3) is 5.72. The first-order chi connectivity index (χ1) is 17.6. The van der Waals surface area contributed by atoms with Crippen molar-refractivity contribution >= 4 is 28.4 Å². The molecule has 2 N–H and O–H groups in total. The predicted molar refractivity (Wildman–Crippen MR) is 132 cm³/mol. The second-order valence-electron chi connectivity index (χ2n) is 8.90. The molecule has 1 aliphatic rings. The van der Waals surface area contributed by atoms with Gasteiger partial charge in [0.15, 0.2) is 0 Å². The fourth-order valence-electron chi connectivity index (χ4n) is 4.26. The summed E-state index contributed by atoms with van der Waals surface area (Å²) < 4.78 is 39.0. The van der Waals surface area contributed by atoms with E-state index in [9.17, 15) is 28.0 Å². The number of rotatable bonds is 6. The number of nitriles is 1. The van der Waals surface area contributed by atoms with Gasteiger partial charge in [0.25, 0.3) is 5.91 Å². The van der Waals surface area contributed by atoms with Gasteiger partial charge in [0.05, 0.1) is 23.7 Å². The van der Waals surface area contributed by atoms with Gasteiger partial charge >= 0.3 is 6.18 Å². The number of hydrogen-bond acceptors (Lipinski definition) is 5. The summed E-state index contributed by atoms with van der Waals surface area (Å²) in [6.07, 6.45) is -3.41. The maximum Gasteiger partial charge on any atom is 0.417 e. The van der Waals surface area contributed by atoms with Gasteiger partial charge in [0, 0.05) is 41.0 Å². The normalized spacial score (nSPS) is 17.3. The van der Waals surface area contributed by atoms with Gasteiger partial charge < -0.3 is 15.5 Å². The molecule has 10 heteroatoms. The Morgan fingerprint density at radius 3 is 2.68 bits per heavy atom. The molecule has 1 fully saturated rings. The van der Waals surface area contributed by atoms with E-state index in [1.165, 1.54) is 23.1 Å². The zero-order valence-electron chi connectivity index (χ0n) is 20.0. The molecule has 2 heterocycles. The van der Waals surface area contributed by atoms with E-state index in [4.69, 9.17) is 0 Å². The van der Waals surface area contributed by atoms with Crippen molar-refractivity contribution in [3.05, 3.63) is 83.7 Å². The number of pyridine rings is 1. The molecule has 0 bridgehead atoms. The van der Waals surface area contributed by atoms with E-state index in [0.29, 0.717) is 17.6 Å². The quantitative estimate of drug-likeness (QED) is 0.506. The van der Waals surface area contributed by atoms with Gasteiger partial charge in [0.1, 0.15) is 6.04 Å². The zero-order valence-corrected chi connectivity index (χ0v) is 20.0. The van der Waals surface area contributed by atoms with Crippen LogP contribution in [0, 0.1) is 24.2 Å². The number of benzene rings is 2. The average Bonchev–Trinajstić information content (AvgIpc) is 3.32. The van der Waals surface area contributed by atoms with Crippen LogP contribution < -0.4 is 10.6 Å². The summed E-state index contributed by atoms with van der Waals surface area (Å²) in [6.45, 7) is 5.96. The molecule has 7 nitrogen and oxygen atoms in total. The number of hydrogen-bond donors (Lipinski definition) is 2. The van der Waals surface area contributed by atoms with Crippen molar-refractivity contribution in [3.8, 4) is 6.07 Å². The minimum Gasteiger partial charge on any atom is -0.359 e. The Labute approximate surface area is 211 Å². The Morgan fingerprint density at radius 1 is 1.22 bits per heavy atom. The van der Waals surface area contributed by atoms with Crippen LogP contribution in [-0.4, -0.2) is 40.8 Å². The van der Waals surface area contributed by atoms with Crippen molar-refractivity contribution in [2.75, 3.05) is 18.4 Å². The number of nitrogens with one attached hydrogen (secondary N) is 2. The van der Waals surface area contributed by atoms with Crippen LogP contribution in [0.1, 0.15) is 27.9 Å². The van der Waals surface area contributed by atoms with Crippen LogP contribution in [0.4, 0.5) is 18.9 Å². The molecule has 3 aromatic rings. The van der Waals surface area contributed by atoms with Gasteiger partial charge in [-0.15, -0.1) is 0 Å². The van der Waals surface area contributed by atoms with Crippen LogP contribution in [0.2, 0.25) is 0 Å². The summed E-state index contributed by atoms with van der Waals surface area (Å²) in [6, 6.07) is 14.2. The lowest BCUT2D eigenvalue weighted by Crippen LogP contribution is -2.42. The van der Waals surface area contributed by atoms with E-state index in [-0.39, 0.29) is 30.0 Å². The van der Waals surface area contributed by atoms with Crippen molar-refractivity contribution in [2.24, 2.45) is 5.92 Å². The maximum absolute atomic E-state index is 13.0. The van der Waals surface area contributed by atoms with Crippen LogP contribution in [-0.2, 0) is 11.0 Å². The number of likely N-dealkylation sites (tertiary alicyclic amines) is 1. The maximum atomic E-state index is 13.0. The van der Waals surface area contributed by atoms with Gasteiger partial charge in [-0.05, 0) is 49.2 Å². The van der Waals surface area contributed by atoms with Gasteiger partial charge in [-0.2, -0.15) is 18.4 Å². The first-order valence-electron chi connectivity index (χ1n) is 11.5. The molecule has 1 aromatic heterocycles. The SMILES string of the molecule is C=C(Nc1ccccc1C)C1CC(C#N)N(C(=O)CNC(=O)c2ccc3ncc(C(F)(F)F)cc3c2)C1. The second kappa shape index (κ2) is 10.3. The second-order valence-corrected chi connectivity index (χ2v) is 8.90. The van der Waals surface area contributed by atoms with E-state index < -0.39 is 29.6 Å². The van der Waals surface area contributed by atoms with E-state index in [1.807, 2.05) is 31.2 Å². The number of alkyl halides is 3. The molecule has 190 valence electrons. The molecule has 1 aliphatic heterocycles. The molecule has 4 rings (SSSR count). The average molecular weight is 508 g/mol. The number of carbonyl (C=O) groups excluding carboxylic acids is 2. The monoisotopic (exact) mass is 507 g/mol. The minimum atomic E-state index is -4.56. The topological polar surface area (TPSA) is 98.1 Å². The van der Waals surface area contributed by atoms with Gasteiger partial charge in [0.2, 0.25) is 5.91 Å². The zero-order chi connectivity index (χ0) is 26.7. The van der Waals surface area contributed by atoms with E-state index >= 15 is 0 Å². The van der Waals surface area contributed by atoms with Crippen LogP contribution in [0.25, 0.3) is 10.9 Å². The van der Waals surface area contributed by atoms with Crippen molar-refractivity contribution in [3.63, 3.8) is 0 Å². The highest BCUT2D eigenvalue weighted by Gasteiger charge is 2.36. The van der Waals surface area contributed by atoms with E-state index in [2.05, 4.69) is 28.3 Å². The lowest BCUT2D eigenvalue weighted by atomic mass is 10.0. The number of carbonyl (C=O) groups is 2. The first kappa shape index (κ1) is 25.7. The third-order valence-corrected chi connectivity index (χ3v) is 6.37. The molecular weight excluding hydrogens is 483 g/mol. The summed E-state index contributed by atoms with van der Waals surface area (Å²) in [5, 5.41) is 15.5. The fraction of sp³-hybridized carbons (Fsp3) is 0.259. The molecule has 2 atom stereocenters. The molecule has 0 aliphatic carbocycles. The highest BCUT2D eigenvalue weighted by atomic mass is 19.4. The van der Waals surface area contributed by atoms with Crippen LogP contribution in [0.3, 0.4) is 0 Å². The highest BCUT2D eigenvalue weighted by molar-refractivity contribution is 5.99. The Morgan fingerprint density at radius 2 is 1.97 bits per heavy atom. The van der Waals surface area contributed by atoms with Crippen LogP contribution >= 0.6 is 0 Å². The number of fused-ring (bicyclic) bond motifs is 1. The van der Waals surface area contributed by atoms with Crippen LogP contribution in [0.15, 0.2) is 67.0 Å². The largest absolute Gasteiger partial charge is 0.417 e. The molecule has 2 amide bonds. The predicted octanol–water partition coefficient (Wildman–Crippen LogP) is 4.66. The number of amides is 2. The molecule has 1 saturated heterocycles. The summed E-state index contributed by atoms with van der Waals surface area (Å²) in [5.74, 6) is -1.21. The van der Waals surface area contributed by atoms with Crippen molar-refractivity contribution in [1.82, 2.24) is 15.2 Å². The number of aromatic nitrogens is 1. The lowest BCUT2D eigenvalue weighted by Gasteiger charge is -2.21. The summed E-state index contributed by atoms with van der Waals surface area (Å²) in [5.41, 5.74) is 2.10. The van der Waals surface area contributed by atoms with Crippen LogP contribution in [0.5, 0.6) is 0 Å². The van der Waals surface area contributed by atoms with E-state index in [1.54, 1.807) is 0 Å². The highest BCUT2D eigenvalue weighted by Crippen LogP contribution is 2.31. The molecule has 0 saturated carbocycles. The Balaban J connectivity index is 1.39. The standard InChI is InChI=1S/C27H24F3N5O2/c1-16-5-3-4-6-23(16)34-17(2)20-11-22(12-31)35(15-20)25(36)14-33-26(37)18-7-8-24-19(9-18)10-21(13-32-24)27(28,29)30/h3-10,13,20,22,34H,2,11,14-15H2,1H3,(H,33,37). The number of para-hydroxylation sites is 1. The van der Waals surface area contributed by atoms with Gasteiger partial charge in [-0.25, -0.2) is 0 Å². The fourth-order valence-corrected chi connectivity index (χ4v) is 4.26. The lowest BCUT2D eigenvalue weighted by molar-refractivity contribution is -0.137. The van der Waals surface area contributed by atoms with Gasteiger partial charge in [-0.3, -0.25) is 14.6 Å². The minimum absolute atomic E-state index is 0.0911. The third-order valence-electron chi connectivity index (χ3n) is 6.37. The number of halogens is 3. The molecule has 0 spiro atoms. The number of aryl methyl sites for hydroxylation is 1.